The number of aliphatic hydroxyl groups is 1. The molecule has 0 radical (unpaired) electrons. The van der Waals surface area contributed by atoms with Crippen LogP contribution in [0, 0.1) is 5.92 Å². The summed E-state index contributed by atoms with van der Waals surface area (Å²) in [5, 5.41) is 23.9. The van der Waals surface area contributed by atoms with E-state index in [-0.39, 0.29) is 44.2 Å². The molecule has 14 heteroatoms. The van der Waals surface area contributed by atoms with Gasteiger partial charge in [0.1, 0.15) is 36.4 Å². The van der Waals surface area contributed by atoms with Gasteiger partial charge in [0.05, 0.1) is 6.10 Å². The second-order valence-corrected chi connectivity index (χ2v) is 15.1. The molecule has 1 heterocycles. The van der Waals surface area contributed by atoms with E-state index in [0.29, 0.717) is 19.3 Å². The summed E-state index contributed by atoms with van der Waals surface area (Å²) in [6.45, 7) is 10.2. The molecule has 1 aliphatic heterocycles. The van der Waals surface area contributed by atoms with E-state index in [1.807, 2.05) is 55.5 Å². The normalized spacial score (nSPS) is 23.1. The van der Waals surface area contributed by atoms with Gasteiger partial charge >= 0.3 is 12.1 Å². The lowest BCUT2D eigenvalue weighted by molar-refractivity contribution is -0.159. The lowest BCUT2D eigenvalue weighted by Gasteiger charge is -2.30. The first-order valence-electron chi connectivity index (χ1n) is 18.8. The van der Waals surface area contributed by atoms with Gasteiger partial charge in [-0.2, -0.15) is 0 Å². The predicted molar refractivity (Wildman–Crippen MR) is 201 cm³/mol. The Hall–Kier alpha value is -4.98. The van der Waals surface area contributed by atoms with Crippen LogP contribution in [-0.4, -0.2) is 89.8 Å². The highest BCUT2D eigenvalue weighted by molar-refractivity contribution is 5.95. The van der Waals surface area contributed by atoms with E-state index in [1.54, 1.807) is 27.7 Å². The van der Waals surface area contributed by atoms with Gasteiger partial charge in [-0.1, -0.05) is 68.8 Å². The molecule has 5 amide bonds. The Morgan fingerprint density at radius 2 is 1.44 bits per heavy atom. The molecule has 0 spiro atoms. The van der Waals surface area contributed by atoms with Crippen molar-refractivity contribution in [2.45, 2.75) is 122 Å². The van der Waals surface area contributed by atoms with Gasteiger partial charge < -0.3 is 41.2 Å². The van der Waals surface area contributed by atoms with E-state index in [2.05, 4.69) is 26.6 Å². The van der Waals surface area contributed by atoms with Crippen LogP contribution in [0.1, 0.15) is 97.1 Å². The van der Waals surface area contributed by atoms with Gasteiger partial charge in [-0.3, -0.25) is 19.2 Å². The molecule has 0 aromatic heterocycles. The summed E-state index contributed by atoms with van der Waals surface area (Å²) in [6, 6.07) is 10.8. The fourth-order valence-electron chi connectivity index (χ4n) is 6.60. The molecule has 0 unspecified atom stereocenters. The van der Waals surface area contributed by atoms with E-state index >= 15 is 0 Å². The quantitative estimate of drug-likeness (QED) is 0.230. The third-order valence-electron chi connectivity index (χ3n) is 9.72. The van der Waals surface area contributed by atoms with Crippen LogP contribution in [0.4, 0.5) is 4.79 Å². The molecule has 0 bridgehead atoms. The van der Waals surface area contributed by atoms with Gasteiger partial charge in [0.15, 0.2) is 0 Å². The lowest BCUT2D eigenvalue weighted by atomic mass is 9.96. The fraction of sp³-hybridized carbons (Fsp3) is 0.550. The van der Waals surface area contributed by atoms with Crippen LogP contribution < -0.4 is 26.6 Å². The molecule has 6 atom stereocenters. The number of amides is 5. The van der Waals surface area contributed by atoms with Crippen LogP contribution in [0.25, 0.3) is 11.1 Å². The van der Waals surface area contributed by atoms with Gasteiger partial charge in [0.25, 0.3) is 0 Å². The van der Waals surface area contributed by atoms with Crippen molar-refractivity contribution in [3.8, 4) is 11.1 Å². The Balaban J connectivity index is 1.53. The number of hydrogen-bond donors (Lipinski definition) is 6. The molecule has 54 heavy (non-hydrogen) atoms. The molecule has 1 saturated heterocycles. The van der Waals surface area contributed by atoms with Crippen molar-refractivity contribution in [2.24, 2.45) is 5.92 Å². The summed E-state index contributed by atoms with van der Waals surface area (Å²) in [6.07, 6.45) is -0.971. The lowest BCUT2D eigenvalue weighted by Crippen LogP contribution is -2.61. The summed E-state index contributed by atoms with van der Waals surface area (Å²) < 4.78 is 11.2. The van der Waals surface area contributed by atoms with Gasteiger partial charge in [-0.05, 0) is 81.5 Å². The highest BCUT2D eigenvalue weighted by Crippen LogP contribution is 2.44. The topological polar surface area (TPSA) is 201 Å². The highest BCUT2D eigenvalue weighted by atomic mass is 16.6. The van der Waals surface area contributed by atoms with Crippen molar-refractivity contribution in [3.63, 3.8) is 0 Å². The molecule has 2 aromatic rings. The van der Waals surface area contributed by atoms with Crippen LogP contribution >= 0.6 is 0 Å². The van der Waals surface area contributed by atoms with Crippen LogP contribution in [-0.2, 0) is 33.4 Å². The Morgan fingerprint density at radius 1 is 0.852 bits per heavy atom. The standard InChI is InChI=1S/C40H55N5O9/c1-7-23(2)33-36(49)45-34(24(3)46)37(50)42-31(38(51)54-40(4,5)6)18-12-13-21-41-32(47)20-19-30(35(48)44-33)43-39(52)53-22-29-27-16-10-8-14-25(27)26-15-9-11-17-28(26)29/h8-11,14-17,23-24,29-31,33-34,46H,7,12-13,18-22H2,1-6H3,(H,41,47)(H,42,50)(H,43,52)(H,44,48)(H,45,49)/t23-,24+,30-,31-,33-,34-/m0/s1. The van der Waals surface area contributed by atoms with Gasteiger partial charge in [0, 0.05) is 18.9 Å². The van der Waals surface area contributed by atoms with Crippen molar-refractivity contribution >= 4 is 35.7 Å². The first kappa shape index (κ1) is 41.8. The average molecular weight is 750 g/mol. The minimum Gasteiger partial charge on any atom is -0.458 e. The van der Waals surface area contributed by atoms with E-state index in [9.17, 15) is 33.9 Å². The summed E-state index contributed by atoms with van der Waals surface area (Å²) >= 11 is 0. The number of aliphatic hydroxyl groups excluding tert-OH is 1. The predicted octanol–water partition coefficient (Wildman–Crippen LogP) is 3.20. The molecule has 4 rings (SSSR count). The number of carbonyl (C=O) groups is 6. The van der Waals surface area contributed by atoms with Crippen molar-refractivity contribution < 1.29 is 43.3 Å². The number of carbonyl (C=O) groups excluding carboxylic acids is 6. The number of fused-ring (bicyclic) bond motifs is 3. The minimum absolute atomic E-state index is 0.00413. The Labute approximate surface area is 316 Å². The third kappa shape index (κ3) is 11.3. The summed E-state index contributed by atoms with van der Waals surface area (Å²) in [7, 11) is 0. The molecule has 14 nitrogen and oxygen atoms in total. The summed E-state index contributed by atoms with van der Waals surface area (Å²) in [5.74, 6) is -4.02. The minimum atomic E-state index is -1.47. The first-order chi connectivity index (χ1) is 25.6. The van der Waals surface area contributed by atoms with Crippen LogP contribution in [0.2, 0.25) is 0 Å². The fourth-order valence-corrected chi connectivity index (χ4v) is 6.60. The van der Waals surface area contributed by atoms with Gasteiger partial charge in [0.2, 0.25) is 23.6 Å². The SMILES string of the molecule is CC[C@H](C)[C@@H]1NC(=O)[C@@H](NC(=O)OCC2c3ccccc3-c3ccccc32)CCC(=O)NCCCC[C@@H](C(=O)OC(C)(C)C)NC(=O)[C@H]([C@@H](C)O)NC1=O. The first-order valence-corrected chi connectivity index (χ1v) is 18.8. The molecular formula is C40H55N5O9. The van der Waals surface area contributed by atoms with Crippen molar-refractivity contribution in [1.29, 1.82) is 0 Å². The number of ether oxygens (including phenoxy) is 2. The number of nitrogens with one attached hydrogen (secondary N) is 5. The zero-order valence-corrected chi connectivity index (χ0v) is 32.0. The van der Waals surface area contributed by atoms with E-state index in [4.69, 9.17) is 9.47 Å². The molecule has 0 saturated carbocycles. The second-order valence-electron chi connectivity index (χ2n) is 15.1. The van der Waals surface area contributed by atoms with Gasteiger partial charge in [-0.25, -0.2) is 9.59 Å². The average Bonchev–Trinajstić information content (AvgIpc) is 3.44. The number of rotatable bonds is 7. The van der Waals surface area contributed by atoms with E-state index < -0.39 is 71.6 Å². The van der Waals surface area contributed by atoms with E-state index in [1.165, 1.54) is 6.92 Å². The second kappa shape index (κ2) is 18.9. The number of benzene rings is 2. The highest BCUT2D eigenvalue weighted by Gasteiger charge is 2.36. The van der Waals surface area contributed by atoms with Crippen LogP contribution in [0.15, 0.2) is 48.5 Å². The maximum Gasteiger partial charge on any atom is 0.407 e. The number of hydrogen-bond acceptors (Lipinski definition) is 9. The third-order valence-corrected chi connectivity index (χ3v) is 9.72. The summed E-state index contributed by atoms with van der Waals surface area (Å²) in [4.78, 5) is 80.4. The number of alkyl carbamates (subject to hydrolysis) is 1. The molecule has 6 N–H and O–H groups in total. The van der Waals surface area contributed by atoms with Crippen molar-refractivity contribution in [1.82, 2.24) is 26.6 Å². The van der Waals surface area contributed by atoms with Crippen molar-refractivity contribution in [3.05, 3.63) is 59.7 Å². The maximum atomic E-state index is 13.9. The Kier molecular flexibility index (Phi) is 14.6. The molecule has 2 aromatic carbocycles. The monoisotopic (exact) mass is 749 g/mol. The van der Waals surface area contributed by atoms with Crippen LogP contribution in [0.5, 0.6) is 0 Å². The smallest absolute Gasteiger partial charge is 0.407 e. The van der Waals surface area contributed by atoms with Crippen molar-refractivity contribution in [2.75, 3.05) is 13.2 Å². The Morgan fingerprint density at radius 3 is 2.04 bits per heavy atom. The van der Waals surface area contributed by atoms with Gasteiger partial charge in [-0.15, -0.1) is 0 Å². The molecule has 1 aliphatic carbocycles. The zero-order chi connectivity index (χ0) is 39.6. The van der Waals surface area contributed by atoms with E-state index in [0.717, 1.165) is 22.3 Å². The molecule has 294 valence electrons. The molecule has 2 aliphatic rings. The summed E-state index contributed by atoms with van der Waals surface area (Å²) in [5.41, 5.74) is 3.32. The van der Waals surface area contributed by atoms with Crippen LogP contribution in [0.3, 0.4) is 0 Å². The zero-order valence-electron chi connectivity index (χ0n) is 32.0. The maximum absolute atomic E-state index is 13.9. The largest absolute Gasteiger partial charge is 0.458 e. The number of esters is 1. The Bertz CT molecular complexity index is 1630. The molecular weight excluding hydrogens is 694 g/mol. The molecule has 1 fully saturated rings.